The van der Waals surface area contributed by atoms with Crippen LogP contribution >= 0.6 is 0 Å². The highest BCUT2D eigenvalue weighted by molar-refractivity contribution is 5.85. The molecule has 1 unspecified atom stereocenters. The van der Waals surface area contributed by atoms with Crippen LogP contribution in [0.3, 0.4) is 0 Å². The van der Waals surface area contributed by atoms with Gasteiger partial charge in [-0.3, -0.25) is 4.79 Å². The molecule has 0 saturated heterocycles. The van der Waals surface area contributed by atoms with Gasteiger partial charge in [0.1, 0.15) is 5.54 Å². The fourth-order valence-electron chi connectivity index (χ4n) is 2.76. The topological polar surface area (TPSA) is 78.3 Å². The van der Waals surface area contributed by atoms with Gasteiger partial charge in [-0.2, -0.15) is 0 Å². The van der Waals surface area contributed by atoms with Crippen LogP contribution in [-0.4, -0.2) is 18.6 Å². The fourth-order valence-corrected chi connectivity index (χ4v) is 2.76. The van der Waals surface area contributed by atoms with Crippen molar-refractivity contribution >= 4 is 5.91 Å². The highest BCUT2D eigenvalue weighted by atomic mass is 16.5. The van der Waals surface area contributed by atoms with Gasteiger partial charge in [0.2, 0.25) is 5.91 Å². The average Bonchev–Trinajstić information content (AvgIpc) is 2.49. The van der Waals surface area contributed by atoms with Crippen LogP contribution in [0.1, 0.15) is 44.1 Å². The quantitative estimate of drug-likeness (QED) is 0.834. The Labute approximate surface area is 120 Å². The first-order chi connectivity index (χ1) is 9.63. The number of ether oxygens (including phenoxy) is 1. The van der Waals surface area contributed by atoms with Crippen molar-refractivity contribution in [3.63, 3.8) is 0 Å². The second-order valence-corrected chi connectivity index (χ2v) is 5.58. The fraction of sp³-hybridized carbons (Fsp3) is 0.562. The maximum Gasteiger partial charge on any atom is 0.242 e. The van der Waals surface area contributed by atoms with Crippen molar-refractivity contribution in [3.05, 3.63) is 35.9 Å². The van der Waals surface area contributed by atoms with E-state index >= 15 is 0 Å². The number of primary amides is 1. The standard InChI is InChI=1S/C16H24N2O2/c17-15(19)16(18,13-7-3-1-4-8-13)11-12-20-14-9-5-2-6-10-14/h1,3-4,7-8,14H,2,5-6,9-12,18H2,(H2,17,19). The molecular formula is C16H24N2O2. The molecule has 1 amide bonds. The molecule has 0 spiro atoms. The molecule has 0 aliphatic heterocycles. The van der Waals surface area contributed by atoms with Gasteiger partial charge in [0.25, 0.3) is 0 Å². The Morgan fingerprint density at radius 2 is 1.85 bits per heavy atom. The summed E-state index contributed by atoms with van der Waals surface area (Å²) in [7, 11) is 0. The number of amides is 1. The summed E-state index contributed by atoms with van der Waals surface area (Å²) in [6.07, 6.45) is 6.71. The summed E-state index contributed by atoms with van der Waals surface area (Å²) >= 11 is 0. The molecular weight excluding hydrogens is 252 g/mol. The summed E-state index contributed by atoms with van der Waals surface area (Å²) in [6.45, 7) is 0.471. The number of rotatable bonds is 6. The summed E-state index contributed by atoms with van der Waals surface area (Å²) in [5.41, 5.74) is 11.3. The van der Waals surface area contributed by atoms with Crippen molar-refractivity contribution in [2.75, 3.05) is 6.61 Å². The molecule has 1 aliphatic rings. The molecule has 0 radical (unpaired) electrons. The molecule has 110 valence electrons. The second-order valence-electron chi connectivity index (χ2n) is 5.58. The maximum atomic E-state index is 11.7. The lowest BCUT2D eigenvalue weighted by Gasteiger charge is -2.28. The first-order valence-electron chi connectivity index (χ1n) is 7.39. The van der Waals surface area contributed by atoms with E-state index in [-0.39, 0.29) is 0 Å². The zero-order valence-electron chi connectivity index (χ0n) is 11.9. The van der Waals surface area contributed by atoms with Crippen LogP contribution in [0.4, 0.5) is 0 Å². The molecule has 1 aromatic carbocycles. The molecule has 4 heteroatoms. The van der Waals surface area contributed by atoms with Crippen molar-refractivity contribution in [3.8, 4) is 0 Å². The van der Waals surface area contributed by atoms with Gasteiger partial charge in [0.15, 0.2) is 0 Å². The van der Waals surface area contributed by atoms with Gasteiger partial charge in [-0.05, 0) is 18.4 Å². The number of carbonyl (C=O) groups excluding carboxylic acids is 1. The predicted molar refractivity (Wildman–Crippen MR) is 78.9 cm³/mol. The van der Waals surface area contributed by atoms with Crippen molar-refractivity contribution in [2.24, 2.45) is 11.5 Å². The normalized spacial score (nSPS) is 19.4. The Morgan fingerprint density at radius 1 is 1.20 bits per heavy atom. The highest BCUT2D eigenvalue weighted by Gasteiger charge is 2.33. The molecule has 0 aromatic heterocycles. The molecule has 20 heavy (non-hydrogen) atoms. The molecule has 1 aromatic rings. The molecule has 1 atom stereocenters. The van der Waals surface area contributed by atoms with Crippen LogP contribution in [0.2, 0.25) is 0 Å². The number of hydrogen-bond donors (Lipinski definition) is 2. The molecule has 4 N–H and O–H groups in total. The molecule has 0 heterocycles. The maximum absolute atomic E-state index is 11.7. The number of hydrogen-bond acceptors (Lipinski definition) is 3. The minimum atomic E-state index is -1.14. The van der Waals surface area contributed by atoms with Gasteiger partial charge >= 0.3 is 0 Å². The van der Waals surface area contributed by atoms with E-state index in [4.69, 9.17) is 16.2 Å². The lowest BCUT2D eigenvalue weighted by atomic mass is 9.87. The minimum Gasteiger partial charge on any atom is -0.378 e. The van der Waals surface area contributed by atoms with Crippen LogP contribution in [-0.2, 0) is 15.1 Å². The van der Waals surface area contributed by atoms with Crippen molar-refractivity contribution in [2.45, 2.75) is 50.2 Å². The number of carbonyl (C=O) groups is 1. The number of nitrogens with two attached hydrogens (primary N) is 2. The first kappa shape index (κ1) is 15.0. The largest absolute Gasteiger partial charge is 0.378 e. The van der Waals surface area contributed by atoms with Gasteiger partial charge < -0.3 is 16.2 Å². The van der Waals surface area contributed by atoms with Crippen molar-refractivity contribution < 1.29 is 9.53 Å². The highest BCUT2D eigenvalue weighted by Crippen LogP contribution is 2.24. The van der Waals surface area contributed by atoms with Crippen LogP contribution in [0.15, 0.2) is 30.3 Å². The Bertz CT molecular complexity index is 429. The van der Waals surface area contributed by atoms with E-state index in [0.717, 1.165) is 18.4 Å². The molecule has 2 rings (SSSR count). The Morgan fingerprint density at radius 3 is 2.45 bits per heavy atom. The van der Waals surface area contributed by atoms with Gasteiger partial charge in [-0.15, -0.1) is 0 Å². The molecule has 1 saturated carbocycles. The molecule has 0 bridgehead atoms. The van der Waals surface area contributed by atoms with E-state index < -0.39 is 11.4 Å². The third-order valence-electron chi connectivity index (χ3n) is 4.13. The van der Waals surface area contributed by atoms with Crippen LogP contribution in [0.25, 0.3) is 0 Å². The van der Waals surface area contributed by atoms with Gasteiger partial charge in [0.05, 0.1) is 6.10 Å². The van der Waals surface area contributed by atoms with E-state index in [1.807, 2.05) is 30.3 Å². The molecule has 1 fully saturated rings. The van der Waals surface area contributed by atoms with E-state index in [2.05, 4.69) is 0 Å². The average molecular weight is 276 g/mol. The van der Waals surface area contributed by atoms with Gasteiger partial charge in [-0.1, -0.05) is 49.6 Å². The third kappa shape index (κ3) is 3.58. The first-order valence-corrected chi connectivity index (χ1v) is 7.39. The summed E-state index contributed by atoms with van der Waals surface area (Å²) < 4.78 is 5.86. The van der Waals surface area contributed by atoms with Crippen LogP contribution in [0, 0.1) is 0 Å². The monoisotopic (exact) mass is 276 g/mol. The third-order valence-corrected chi connectivity index (χ3v) is 4.13. The smallest absolute Gasteiger partial charge is 0.242 e. The van der Waals surface area contributed by atoms with Crippen molar-refractivity contribution in [1.82, 2.24) is 0 Å². The van der Waals surface area contributed by atoms with Gasteiger partial charge in [-0.25, -0.2) is 0 Å². The Hall–Kier alpha value is -1.39. The zero-order valence-corrected chi connectivity index (χ0v) is 11.9. The molecule has 4 nitrogen and oxygen atoms in total. The molecule has 1 aliphatic carbocycles. The van der Waals surface area contributed by atoms with E-state index in [1.54, 1.807) is 0 Å². The summed E-state index contributed by atoms with van der Waals surface area (Å²) in [4.78, 5) is 11.7. The SMILES string of the molecule is NC(=O)C(N)(CCOC1CCCCC1)c1ccccc1. The summed E-state index contributed by atoms with van der Waals surface area (Å²) in [5, 5.41) is 0. The Balaban J connectivity index is 1.94. The number of benzene rings is 1. The second kappa shape index (κ2) is 6.86. The predicted octanol–water partition coefficient (Wildman–Crippen LogP) is 2.07. The van der Waals surface area contributed by atoms with Crippen LogP contribution < -0.4 is 11.5 Å². The van der Waals surface area contributed by atoms with Crippen molar-refractivity contribution in [1.29, 1.82) is 0 Å². The lowest BCUT2D eigenvalue weighted by Crippen LogP contribution is -2.50. The lowest BCUT2D eigenvalue weighted by molar-refractivity contribution is -0.124. The summed E-state index contributed by atoms with van der Waals surface area (Å²) in [6, 6.07) is 9.30. The van der Waals surface area contributed by atoms with Gasteiger partial charge in [0, 0.05) is 13.0 Å². The van der Waals surface area contributed by atoms with Crippen LogP contribution in [0.5, 0.6) is 0 Å². The zero-order chi connectivity index (χ0) is 14.4. The van der Waals surface area contributed by atoms with E-state index in [1.165, 1.54) is 19.3 Å². The van der Waals surface area contributed by atoms with E-state index in [0.29, 0.717) is 19.1 Å². The minimum absolute atomic E-state index is 0.316. The Kier molecular flexibility index (Phi) is 5.15. The summed E-state index contributed by atoms with van der Waals surface area (Å²) in [5.74, 6) is -0.504. The van der Waals surface area contributed by atoms with E-state index in [9.17, 15) is 4.79 Å².